The number of carbonyl (C=O) groups excluding carboxylic acids is 1. The van der Waals surface area contributed by atoms with Gasteiger partial charge in [0.15, 0.2) is 0 Å². The van der Waals surface area contributed by atoms with Crippen molar-refractivity contribution in [1.29, 1.82) is 5.26 Å². The van der Waals surface area contributed by atoms with Crippen LogP contribution in [0, 0.1) is 11.3 Å². The molecule has 0 aromatic heterocycles. The van der Waals surface area contributed by atoms with Crippen LogP contribution >= 0.6 is 11.6 Å². The standard InChI is InChI=1S/C12H14ClN3O/c1-12(2,15)6-11(17)16-10-5-8(7-14)3-4-9(10)13/h3-5H,6,15H2,1-2H3,(H,16,17). The Bertz CT molecular complexity index is 472. The van der Waals surface area contributed by atoms with Crippen molar-refractivity contribution in [2.24, 2.45) is 5.73 Å². The lowest BCUT2D eigenvalue weighted by molar-refractivity contribution is -0.117. The third kappa shape index (κ3) is 4.43. The largest absolute Gasteiger partial charge is 0.325 e. The molecule has 0 atom stereocenters. The van der Waals surface area contributed by atoms with Gasteiger partial charge in [-0.25, -0.2) is 0 Å². The fourth-order valence-electron chi connectivity index (χ4n) is 1.30. The van der Waals surface area contributed by atoms with E-state index in [1.165, 1.54) is 6.07 Å². The monoisotopic (exact) mass is 251 g/mol. The number of carbonyl (C=O) groups is 1. The molecule has 0 aliphatic heterocycles. The molecule has 1 rings (SSSR count). The van der Waals surface area contributed by atoms with E-state index in [0.29, 0.717) is 16.3 Å². The molecule has 0 fully saturated rings. The Balaban J connectivity index is 2.82. The molecule has 4 nitrogen and oxygen atoms in total. The van der Waals surface area contributed by atoms with Gasteiger partial charge in [0.25, 0.3) is 0 Å². The SMILES string of the molecule is CC(C)(N)CC(=O)Nc1cc(C#N)ccc1Cl. The highest BCUT2D eigenvalue weighted by Crippen LogP contribution is 2.23. The van der Waals surface area contributed by atoms with E-state index in [-0.39, 0.29) is 12.3 Å². The van der Waals surface area contributed by atoms with Gasteiger partial charge in [-0.3, -0.25) is 4.79 Å². The van der Waals surface area contributed by atoms with E-state index in [4.69, 9.17) is 22.6 Å². The maximum Gasteiger partial charge on any atom is 0.226 e. The Kier molecular flexibility index (Phi) is 4.11. The zero-order chi connectivity index (χ0) is 13.1. The van der Waals surface area contributed by atoms with Crippen molar-refractivity contribution in [1.82, 2.24) is 0 Å². The Labute approximate surface area is 105 Å². The molecule has 0 aliphatic rings. The van der Waals surface area contributed by atoms with E-state index in [0.717, 1.165) is 0 Å². The quantitative estimate of drug-likeness (QED) is 0.865. The molecule has 17 heavy (non-hydrogen) atoms. The third-order valence-electron chi connectivity index (χ3n) is 1.99. The minimum absolute atomic E-state index is 0.181. The summed E-state index contributed by atoms with van der Waals surface area (Å²) < 4.78 is 0. The molecule has 0 spiro atoms. The zero-order valence-electron chi connectivity index (χ0n) is 9.75. The van der Waals surface area contributed by atoms with Crippen molar-refractivity contribution < 1.29 is 4.79 Å². The summed E-state index contributed by atoms with van der Waals surface area (Å²) in [5, 5.41) is 11.8. The maximum absolute atomic E-state index is 11.6. The second kappa shape index (κ2) is 5.17. The van der Waals surface area contributed by atoms with Gasteiger partial charge in [0.1, 0.15) is 0 Å². The Hall–Kier alpha value is -1.57. The summed E-state index contributed by atoms with van der Waals surface area (Å²) >= 11 is 5.91. The van der Waals surface area contributed by atoms with Crippen molar-refractivity contribution in [2.45, 2.75) is 25.8 Å². The highest BCUT2D eigenvalue weighted by molar-refractivity contribution is 6.33. The highest BCUT2D eigenvalue weighted by atomic mass is 35.5. The molecule has 0 bridgehead atoms. The van der Waals surface area contributed by atoms with Gasteiger partial charge in [0.05, 0.1) is 22.3 Å². The first kappa shape index (κ1) is 13.5. The van der Waals surface area contributed by atoms with Gasteiger partial charge in [-0.05, 0) is 32.0 Å². The van der Waals surface area contributed by atoms with E-state index in [1.807, 2.05) is 6.07 Å². The fraction of sp³-hybridized carbons (Fsp3) is 0.333. The van der Waals surface area contributed by atoms with Crippen LogP contribution in [0.5, 0.6) is 0 Å². The summed E-state index contributed by atoms with van der Waals surface area (Å²) in [5.74, 6) is -0.227. The molecule has 90 valence electrons. The third-order valence-corrected chi connectivity index (χ3v) is 2.32. The number of hydrogen-bond acceptors (Lipinski definition) is 3. The average molecular weight is 252 g/mol. The van der Waals surface area contributed by atoms with Crippen LogP contribution in [-0.2, 0) is 4.79 Å². The summed E-state index contributed by atoms with van der Waals surface area (Å²) in [4.78, 5) is 11.6. The van der Waals surface area contributed by atoms with Crippen molar-refractivity contribution in [3.8, 4) is 6.07 Å². The van der Waals surface area contributed by atoms with Crippen molar-refractivity contribution >= 4 is 23.2 Å². The molecular weight excluding hydrogens is 238 g/mol. The van der Waals surface area contributed by atoms with E-state index >= 15 is 0 Å². The predicted octanol–water partition coefficient (Wildman–Crippen LogP) is 2.28. The van der Waals surface area contributed by atoms with Gasteiger partial charge in [0.2, 0.25) is 5.91 Å². The molecule has 0 radical (unpaired) electrons. The number of nitrogens with zero attached hydrogens (tertiary/aromatic N) is 1. The normalized spacial score (nSPS) is 10.8. The molecule has 0 heterocycles. The van der Waals surface area contributed by atoms with Gasteiger partial charge < -0.3 is 11.1 Å². The highest BCUT2D eigenvalue weighted by Gasteiger charge is 2.17. The lowest BCUT2D eigenvalue weighted by atomic mass is 10.0. The smallest absolute Gasteiger partial charge is 0.226 e. The zero-order valence-corrected chi connectivity index (χ0v) is 10.5. The number of benzene rings is 1. The predicted molar refractivity (Wildman–Crippen MR) is 67.7 cm³/mol. The minimum Gasteiger partial charge on any atom is -0.325 e. The Morgan fingerprint density at radius 3 is 2.76 bits per heavy atom. The van der Waals surface area contributed by atoms with Crippen LogP contribution in [0.4, 0.5) is 5.69 Å². The van der Waals surface area contributed by atoms with E-state index in [9.17, 15) is 4.79 Å². The van der Waals surface area contributed by atoms with Crippen LogP contribution < -0.4 is 11.1 Å². The van der Waals surface area contributed by atoms with Gasteiger partial charge >= 0.3 is 0 Å². The van der Waals surface area contributed by atoms with Crippen molar-refractivity contribution in [2.75, 3.05) is 5.32 Å². The molecule has 3 N–H and O–H groups in total. The first-order valence-corrected chi connectivity index (χ1v) is 5.48. The first-order valence-electron chi connectivity index (χ1n) is 5.10. The summed E-state index contributed by atoms with van der Waals surface area (Å²) in [6.07, 6.45) is 0.181. The molecule has 1 amide bonds. The lowest BCUT2D eigenvalue weighted by Gasteiger charge is -2.17. The second-order valence-corrected chi connectivity index (χ2v) is 4.93. The van der Waals surface area contributed by atoms with Crippen LogP contribution in [0.1, 0.15) is 25.8 Å². The molecule has 1 aromatic carbocycles. The van der Waals surface area contributed by atoms with E-state index in [2.05, 4.69) is 5.32 Å². The summed E-state index contributed by atoms with van der Waals surface area (Å²) in [5.41, 5.74) is 6.03. The minimum atomic E-state index is -0.580. The molecule has 5 heteroatoms. The molecule has 1 aromatic rings. The molecule has 0 aliphatic carbocycles. The number of nitriles is 1. The Morgan fingerprint density at radius 2 is 2.24 bits per heavy atom. The molecule has 0 saturated carbocycles. The molecular formula is C12H14ClN3O. The number of anilines is 1. The van der Waals surface area contributed by atoms with Gasteiger partial charge in [-0.15, -0.1) is 0 Å². The summed E-state index contributed by atoms with van der Waals surface area (Å²) in [6.45, 7) is 3.53. The van der Waals surface area contributed by atoms with Crippen LogP contribution in [-0.4, -0.2) is 11.4 Å². The second-order valence-electron chi connectivity index (χ2n) is 4.52. The topological polar surface area (TPSA) is 78.9 Å². The number of amides is 1. The maximum atomic E-state index is 11.6. The van der Waals surface area contributed by atoms with E-state index in [1.54, 1.807) is 26.0 Å². The summed E-state index contributed by atoms with van der Waals surface area (Å²) in [7, 11) is 0. The van der Waals surface area contributed by atoms with Gasteiger partial charge in [-0.1, -0.05) is 11.6 Å². The van der Waals surface area contributed by atoms with Crippen LogP contribution in [0.15, 0.2) is 18.2 Å². The summed E-state index contributed by atoms with van der Waals surface area (Å²) in [6, 6.07) is 6.67. The number of rotatable bonds is 3. The number of nitrogens with two attached hydrogens (primary N) is 1. The van der Waals surface area contributed by atoms with Gasteiger partial charge in [0, 0.05) is 12.0 Å². The molecule has 0 unspecified atom stereocenters. The fourth-order valence-corrected chi connectivity index (χ4v) is 1.46. The average Bonchev–Trinajstić information content (AvgIpc) is 2.18. The Morgan fingerprint density at radius 1 is 1.59 bits per heavy atom. The first-order chi connectivity index (χ1) is 7.81. The number of nitrogens with one attached hydrogen (secondary N) is 1. The molecule has 0 saturated heterocycles. The lowest BCUT2D eigenvalue weighted by Crippen LogP contribution is -2.36. The van der Waals surface area contributed by atoms with Crippen molar-refractivity contribution in [3.05, 3.63) is 28.8 Å². The van der Waals surface area contributed by atoms with Crippen molar-refractivity contribution in [3.63, 3.8) is 0 Å². The van der Waals surface area contributed by atoms with Crippen LogP contribution in [0.25, 0.3) is 0 Å². The van der Waals surface area contributed by atoms with Gasteiger partial charge in [-0.2, -0.15) is 5.26 Å². The number of hydrogen-bond donors (Lipinski definition) is 2. The van der Waals surface area contributed by atoms with E-state index < -0.39 is 5.54 Å². The van der Waals surface area contributed by atoms with Crippen LogP contribution in [0.3, 0.4) is 0 Å². The van der Waals surface area contributed by atoms with Crippen LogP contribution in [0.2, 0.25) is 5.02 Å². The number of halogens is 1.